The Morgan fingerprint density at radius 3 is 1.33 bits per heavy atom. The molecule has 0 saturated heterocycles. The van der Waals surface area contributed by atoms with E-state index in [2.05, 4.69) is 0 Å². The third-order valence-electron chi connectivity index (χ3n) is 4.36. The van der Waals surface area contributed by atoms with Crippen LogP contribution in [0.5, 0.6) is 11.5 Å². The molecule has 0 atom stereocenters. The Kier molecular flexibility index (Phi) is 6.15. The van der Waals surface area contributed by atoms with E-state index in [9.17, 15) is 9.59 Å². The molecule has 158 valence electrons. The van der Waals surface area contributed by atoms with Gasteiger partial charge in [0.25, 0.3) is 0 Å². The smallest absolute Gasteiger partial charge is 0.431 e. The first-order valence-electron chi connectivity index (χ1n) is 9.89. The number of fused-ring (bicyclic) bond motifs is 2. The third kappa shape index (κ3) is 4.64. The van der Waals surface area contributed by atoms with Crippen LogP contribution in [0.2, 0.25) is 0 Å². The van der Waals surface area contributed by atoms with E-state index < -0.39 is 12.3 Å². The van der Waals surface area contributed by atoms with E-state index >= 15 is 0 Å². The second-order valence-electron chi connectivity index (χ2n) is 7.79. The molecule has 0 saturated carbocycles. The maximum atomic E-state index is 12.3. The normalized spacial score (nSPS) is 11.2. The number of ether oxygens (including phenoxy) is 4. The number of carbonyl (C=O) groups excluding carboxylic acids is 2. The van der Waals surface area contributed by atoms with Crippen molar-refractivity contribution in [3.8, 4) is 11.5 Å². The zero-order valence-corrected chi connectivity index (χ0v) is 18.1. The van der Waals surface area contributed by atoms with E-state index in [4.69, 9.17) is 18.9 Å². The van der Waals surface area contributed by atoms with Crippen LogP contribution in [0.3, 0.4) is 0 Å². The monoisotopic (exact) mass is 410 g/mol. The quantitative estimate of drug-likeness (QED) is 0.279. The van der Waals surface area contributed by atoms with Crippen LogP contribution >= 0.6 is 0 Å². The van der Waals surface area contributed by atoms with Crippen molar-refractivity contribution >= 4 is 33.9 Å². The summed E-state index contributed by atoms with van der Waals surface area (Å²) in [4.78, 5) is 24.6. The molecule has 0 fully saturated rings. The standard InChI is InChI=1S/C24H26O6/c1-13(2)27-23(25)29-21-17-9-7-16(6)12-20(17)22(30-24(26)28-14(3)4)18-10-8-15(5)11-19(18)21/h7-14H,1-6H3. The summed E-state index contributed by atoms with van der Waals surface area (Å²) in [7, 11) is 0. The summed E-state index contributed by atoms with van der Waals surface area (Å²) in [6.07, 6.45) is -2.20. The summed E-state index contributed by atoms with van der Waals surface area (Å²) in [5, 5.41) is 2.54. The molecule has 0 aliphatic heterocycles. The Morgan fingerprint density at radius 1 is 0.633 bits per heavy atom. The van der Waals surface area contributed by atoms with Crippen LogP contribution < -0.4 is 9.47 Å². The summed E-state index contributed by atoms with van der Waals surface area (Å²) in [5.41, 5.74) is 1.93. The van der Waals surface area contributed by atoms with Crippen molar-refractivity contribution in [1.82, 2.24) is 0 Å². The van der Waals surface area contributed by atoms with Gasteiger partial charge in [-0.05, 0) is 53.7 Å². The van der Waals surface area contributed by atoms with Gasteiger partial charge in [0.2, 0.25) is 0 Å². The fourth-order valence-corrected chi connectivity index (χ4v) is 3.20. The molecular formula is C24H26O6. The second-order valence-corrected chi connectivity index (χ2v) is 7.79. The molecule has 0 unspecified atom stereocenters. The summed E-state index contributed by atoms with van der Waals surface area (Å²) in [6, 6.07) is 11.2. The van der Waals surface area contributed by atoms with E-state index in [-0.39, 0.29) is 12.2 Å². The average molecular weight is 410 g/mol. The lowest BCUT2D eigenvalue weighted by Crippen LogP contribution is -2.17. The summed E-state index contributed by atoms with van der Waals surface area (Å²) in [5.74, 6) is 0.720. The average Bonchev–Trinajstić information content (AvgIpc) is 2.63. The maximum absolute atomic E-state index is 12.3. The van der Waals surface area contributed by atoms with E-state index in [1.54, 1.807) is 27.7 Å². The van der Waals surface area contributed by atoms with Gasteiger partial charge in [-0.25, -0.2) is 9.59 Å². The van der Waals surface area contributed by atoms with Crippen molar-refractivity contribution in [2.75, 3.05) is 0 Å². The fourth-order valence-electron chi connectivity index (χ4n) is 3.20. The molecule has 0 spiro atoms. The second kappa shape index (κ2) is 8.61. The highest BCUT2D eigenvalue weighted by Crippen LogP contribution is 2.43. The molecule has 3 aromatic carbocycles. The predicted molar refractivity (Wildman–Crippen MR) is 115 cm³/mol. The number of benzene rings is 3. The highest BCUT2D eigenvalue weighted by Gasteiger charge is 2.22. The molecule has 0 aliphatic rings. The maximum Gasteiger partial charge on any atom is 0.514 e. The molecule has 0 amide bonds. The Hall–Kier alpha value is -3.28. The van der Waals surface area contributed by atoms with Crippen molar-refractivity contribution in [3.05, 3.63) is 47.5 Å². The van der Waals surface area contributed by atoms with Crippen LogP contribution in [-0.2, 0) is 9.47 Å². The van der Waals surface area contributed by atoms with E-state index in [1.807, 2.05) is 50.2 Å². The molecule has 3 aromatic rings. The van der Waals surface area contributed by atoms with Crippen molar-refractivity contribution in [2.45, 2.75) is 53.8 Å². The molecule has 0 heterocycles. The van der Waals surface area contributed by atoms with Crippen molar-refractivity contribution < 1.29 is 28.5 Å². The summed E-state index contributed by atoms with van der Waals surface area (Å²) < 4.78 is 21.6. The van der Waals surface area contributed by atoms with E-state index in [0.717, 1.165) is 11.1 Å². The minimum absolute atomic E-state index is 0.313. The first kappa shape index (κ1) is 21.4. The van der Waals surface area contributed by atoms with E-state index in [1.165, 1.54) is 0 Å². The van der Waals surface area contributed by atoms with Crippen LogP contribution in [0, 0.1) is 13.8 Å². The third-order valence-corrected chi connectivity index (χ3v) is 4.36. The molecule has 0 aromatic heterocycles. The number of hydrogen-bond donors (Lipinski definition) is 0. The molecular weight excluding hydrogens is 384 g/mol. The van der Waals surface area contributed by atoms with Gasteiger partial charge in [0.1, 0.15) is 11.5 Å². The fraction of sp³-hybridized carbons (Fsp3) is 0.333. The van der Waals surface area contributed by atoms with Crippen molar-refractivity contribution in [2.24, 2.45) is 0 Å². The molecule has 30 heavy (non-hydrogen) atoms. The van der Waals surface area contributed by atoms with Gasteiger partial charge in [-0.1, -0.05) is 35.4 Å². The van der Waals surface area contributed by atoms with Gasteiger partial charge in [0.15, 0.2) is 0 Å². The van der Waals surface area contributed by atoms with Gasteiger partial charge in [0, 0.05) is 21.5 Å². The van der Waals surface area contributed by atoms with Crippen LogP contribution in [-0.4, -0.2) is 24.5 Å². The molecule has 0 radical (unpaired) electrons. The van der Waals surface area contributed by atoms with Gasteiger partial charge >= 0.3 is 12.3 Å². The number of rotatable bonds is 4. The summed E-state index contributed by atoms with van der Waals surface area (Å²) in [6.45, 7) is 10.9. The largest absolute Gasteiger partial charge is 0.514 e. The first-order valence-corrected chi connectivity index (χ1v) is 9.89. The number of hydrogen-bond acceptors (Lipinski definition) is 6. The van der Waals surface area contributed by atoms with Gasteiger partial charge in [0.05, 0.1) is 12.2 Å². The van der Waals surface area contributed by atoms with Crippen molar-refractivity contribution in [3.63, 3.8) is 0 Å². The van der Waals surface area contributed by atoms with Crippen LogP contribution in [0.4, 0.5) is 9.59 Å². The number of aryl methyl sites for hydroxylation is 2. The highest BCUT2D eigenvalue weighted by molar-refractivity contribution is 6.12. The minimum atomic E-state index is -0.789. The summed E-state index contributed by atoms with van der Waals surface area (Å²) >= 11 is 0. The molecule has 6 nitrogen and oxygen atoms in total. The first-order chi connectivity index (χ1) is 14.2. The molecule has 0 bridgehead atoms. The molecule has 0 aliphatic carbocycles. The zero-order chi connectivity index (χ0) is 22.0. The zero-order valence-electron chi connectivity index (χ0n) is 18.1. The topological polar surface area (TPSA) is 71.1 Å². The van der Waals surface area contributed by atoms with Gasteiger partial charge < -0.3 is 18.9 Å². The molecule has 6 heteroatoms. The van der Waals surface area contributed by atoms with Crippen LogP contribution in [0.1, 0.15) is 38.8 Å². The Bertz CT molecular complexity index is 1020. The SMILES string of the molecule is Cc1ccc2c(OC(=O)OC(C)C)c3cc(C)ccc3c(OC(=O)OC(C)C)c2c1. The highest BCUT2D eigenvalue weighted by atomic mass is 16.7. The minimum Gasteiger partial charge on any atom is -0.431 e. The predicted octanol–water partition coefficient (Wildman–Crippen LogP) is 6.46. The Balaban J connectivity index is 2.27. The Labute approximate surface area is 175 Å². The van der Waals surface area contributed by atoms with Crippen molar-refractivity contribution in [1.29, 1.82) is 0 Å². The van der Waals surface area contributed by atoms with E-state index in [0.29, 0.717) is 33.0 Å². The lowest BCUT2D eigenvalue weighted by Gasteiger charge is -2.18. The number of carbonyl (C=O) groups is 2. The molecule has 0 N–H and O–H groups in total. The Morgan fingerprint density at radius 2 is 1.00 bits per heavy atom. The van der Waals surface area contributed by atoms with Crippen LogP contribution in [0.15, 0.2) is 36.4 Å². The lowest BCUT2D eigenvalue weighted by molar-refractivity contribution is 0.0719. The molecule has 3 rings (SSSR count). The lowest BCUT2D eigenvalue weighted by atomic mass is 9.98. The van der Waals surface area contributed by atoms with Gasteiger partial charge in [-0.15, -0.1) is 0 Å². The van der Waals surface area contributed by atoms with Gasteiger partial charge in [-0.2, -0.15) is 0 Å². The van der Waals surface area contributed by atoms with Crippen LogP contribution in [0.25, 0.3) is 21.5 Å². The van der Waals surface area contributed by atoms with Gasteiger partial charge in [-0.3, -0.25) is 0 Å².